The Bertz CT molecular complexity index is 481. The maximum atomic E-state index is 12.9. The van der Waals surface area contributed by atoms with E-state index in [9.17, 15) is 4.79 Å². The molecule has 1 amide bonds. The van der Waals surface area contributed by atoms with Crippen LogP contribution in [0, 0.1) is 0 Å². The number of rotatable bonds is 5. The largest absolute Gasteiger partial charge is 0.334 e. The minimum atomic E-state index is 0.214. The second-order valence-corrected chi connectivity index (χ2v) is 6.53. The van der Waals surface area contributed by atoms with Crippen LogP contribution >= 0.6 is 11.8 Å². The van der Waals surface area contributed by atoms with Crippen LogP contribution in [0.15, 0.2) is 29.2 Å². The first-order valence-corrected chi connectivity index (χ1v) is 8.69. The average Bonchev–Trinajstić information content (AvgIpc) is 3.20. The van der Waals surface area contributed by atoms with Crippen LogP contribution in [0.3, 0.4) is 0 Å². The van der Waals surface area contributed by atoms with E-state index in [0.717, 1.165) is 23.5 Å². The van der Waals surface area contributed by atoms with Gasteiger partial charge in [-0.15, -0.1) is 11.8 Å². The van der Waals surface area contributed by atoms with Gasteiger partial charge in [0.1, 0.15) is 0 Å². The summed E-state index contributed by atoms with van der Waals surface area (Å²) in [6.45, 7) is 1.96. The lowest BCUT2D eigenvalue weighted by atomic mass is 10.1. The van der Waals surface area contributed by atoms with Crippen LogP contribution in [0.2, 0.25) is 0 Å². The first kappa shape index (κ1) is 14.0. The molecule has 1 N–H and O–H groups in total. The predicted octanol–water partition coefficient (Wildman–Crippen LogP) is 2.77. The van der Waals surface area contributed by atoms with Gasteiger partial charge < -0.3 is 10.2 Å². The number of hydrogen-bond acceptors (Lipinski definition) is 3. The molecule has 1 aliphatic heterocycles. The molecule has 4 heteroatoms. The van der Waals surface area contributed by atoms with Crippen molar-refractivity contribution < 1.29 is 4.79 Å². The van der Waals surface area contributed by atoms with Crippen molar-refractivity contribution in [3.05, 3.63) is 29.8 Å². The Kier molecular flexibility index (Phi) is 4.32. The number of nitrogens with one attached hydrogen (secondary N) is 1. The highest BCUT2D eigenvalue weighted by atomic mass is 32.2. The predicted molar refractivity (Wildman–Crippen MR) is 83.3 cm³/mol. The minimum absolute atomic E-state index is 0.214. The standard InChI is InChI=1S/C16H22N2OS/c1-20-15-7-3-2-6-14(15)16(19)18(13-8-9-13)11-12-5-4-10-17-12/h2-3,6-7,12-13,17H,4-5,8-11H2,1H3. The van der Waals surface area contributed by atoms with Crippen LogP contribution in [0.25, 0.3) is 0 Å². The topological polar surface area (TPSA) is 32.3 Å². The van der Waals surface area contributed by atoms with E-state index in [2.05, 4.69) is 10.2 Å². The molecule has 1 aromatic carbocycles. The molecule has 1 heterocycles. The highest BCUT2D eigenvalue weighted by Crippen LogP contribution is 2.31. The lowest BCUT2D eigenvalue weighted by molar-refractivity contribution is 0.0725. The van der Waals surface area contributed by atoms with Gasteiger partial charge in [0.2, 0.25) is 0 Å². The molecule has 0 bridgehead atoms. The molecule has 0 aromatic heterocycles. The SMILES string of the molecule is CSc1ccccc1C(=O)N(CC1CCCN1)C1CC1. The van der Waals surface area contributed by atoms with Crippen LogP contribution in [0.1, 0.15) is 36.0 Å². The molecule has 1 aliphatic carbocycles. The molecule has 1 aromatic rings. The van der Waals surface area contributed by atoms with E-state index in [0.29, 0.717) is 12.1 Å². The van der Waals surface area contributed by atoms with Gasteiger partial charge in [-0.05, 0) is 50.6 Å². The van der Waals surface area contributed by atoms with Gasteiger partial charge in [-0.25, -0.2) is 0 Å². The summed E-state index contributed by atoms with van der Waals surface area (Å²) in [7, 11) is 0. The van der Waals surface area contributed by atoms with Gasteiger partial charge in [0.05, 0.1) is 5.56 Å². The Labute approximate surface area is 125 Å². The maximum absolute atomic E-state index is 12.9. The van der Waals surface area contributed by atoms with Gasteiger partial charge in [0.25, 0.3) is 5.91 Å². The molecule has 1 saturated heterocycles. The molecule has 1 unspecified atom stereocenters. The molecular weight excluding hydrogens is 268 g/mol. The zero-order chi connectivity index (χ0) is 13.9. The van der Waals surface area contributed by atoms with E-state index in [-0.39, 0.29) is 5.91 Å². The molecule has 20 heavy (non-hydrogen) atoms. The number of amides is 1. The van der Waals surface area contributed by atoms with Gasteiger partial charge in [0, 0.05) is 23.5 Å². The maximum Gasteiger partial charge on any atom is 0.255 e. The number of thioether (sulfide) groups is 1. The van der Waals surface area contributed by atoms with Gasteiger partial charge in [-0.3, -0.25) is 4.79 Å². The highest BCUT2D eigenvalue weighted by Gasteiger charge is 2.35. The number of nitrogens with zero attached hydrogens (tertiary/aromatic N) is 1. The summed E-state index contributed by atoms with van der Waals surface area (Å²) < 4.78 is 0. The lowest BCUT2D eigenvalue weighted by Crippen LogP contribution is -2.42. The van der Waals surface area contributed by atoms with Crippen molar-refractivity contribution in [2.75, 3.05) is 19.3 Å². The van der Waals surface area contributed by atoms with E-state index in [4.69, 9.17) is 0 Å². The third kappa shape index (κ3) is 3.01. The van der Waals surface area contributed by atoms with Gasteiger partial charge >= 0.3 is 0 Å². The summed E-state index contributed by atoms with van der Waals surface area (Å²) in [6.07, 6.45) is 6.80. The summed E-state index contributed by atoms with van der Waals surface area (Å²) in [5.74, 6) is 0.214. The molecule has 1 saturated carbocycles. The van der Waals surface area contributed by atoms with Crippen molar-refractivity contribution in [3.63, 3.8) is 0 Å². The molecule has 2 aliphatic rings. The first-order valence-electron chi connectivity index (χ1n) is 7.47. The van der Waals surface area contributed by atoms with Crippen molar-refractivity contribution in [1.29, 1.82) is 0 Å². The second kappa shape index (κ2) is 6.19. The fourth-order valence-electron chi connectivity index (χ4n) is 2.91. The Morgan fingerprint density at radius 1 is 1.35 bits per heavy atom. The molecule has 3 rings (SSSR count). The van der Waals surface area contributed by atoms with Crippen LogP contribution in [0.5, 0.6) is 0 Å². The number of benzene rings is 1. The molecule has 108 valence electrons. The minimum Gasteiger partial charge on any atom is -0.334 e. The molecule has 0 spiro atoms. The Morgan fingerprint density at radius 2 is 2.15 bits per heavy atom. The summed E-state index contributed by atoms with van der Waals surface area (Å²) >= 11 is 1.65. The van der Waals surface area contributed by atoms with E-state index in [1.165, 1.54) is 25.7 Å². The monoisotopic (exact) mass is 290 g/mol. The van der Waals surface area contributed by atoms with Gasteiger partial charge in [-0.1, -0.05) is 12.1 Å². The Balaban J connectivity index is 1.77. The smallest absolute Gasteiger partial charge is 0.255 e. The van der Waals surface area contributed by atoms with E-state index < -0.39 is 0 Å². The fraction of sp³-hybridized carbons (Fsp3) is 0.562. The fourth-order valence-corrected chi connectivity index (χ4v) is 3.50. The van der Waals surface area contributed by atoms with Gasteiger partial charge in [-0.2, -0.15) is 0 Å². The summed E-state index contributed by atoms with van der Waals surface area (Å²) in [6, 6.07) is 8.93. The van der Waals surface area contributed by atoms with Crippen molar-refractivity contribution in [2.24, 2.45) is 0 Å². The zero-order valence-corrected chi connectivity index (χ0v) is 12.8. The van der Waals surface area contributed by atoms with E-state index in [1.54, 1.807) is 11.8 Å². The van der Waals surface area contributed by atoms with Crippen LogP contribution in [-0.2, 0) is 0 Å². The molecular formula is C16H22N2OS. The van der Waals surface area contributed by atoms with Crippen molar-refractivity contribution in [2.45, 2.75) is 42.7 Å². The van der Waals surface area contributed by atoms with Crippen LogP contribution < -0.4 is 5.32 Å². The highest BCUT2D eigenvalue weighted by molar-refractivity contribution is 7.98. The zero-order valence-electron chi connectivity index (χ0n) is 12.0. The van der Waals surface area contributed by atoms with Crippen molar-refractivity contribution in [1.82, 2.24) is 10.2 Å². The molecule has 3 nitrogen and oxygen atoms in total. The third-order valence-electron chi connectivity index (χ3n) is 4.17. The second-order valence-electron chi connectivity index (χ2n) is 5.68. The molecule has 0 radical (unpaired) electrons. The third-order valence-corrected chi connectivity index (χ3v) is 4.96. The molecule has 1 atom stereocenters. The quantitative estimate of drug-likeness (QED) is 0.846. The Morgan fingerprint density at radius 3 is 2.80 bits per heavy atom. The number of carbonyl (C=O) groups excluding carboxylic acids is 1. The van der Waals surface area contributed by atoms with Crippen molar-refractivity contribution >= 4 is 17.7 Å². The first-order chi connectivity index (χ1) is 9.79. The lowest BCUT2D eigenvalue weighted by Gasteiger charge is -2.26. The van der Waals surface area contributed by atoms with Gasteiger partial charge in [0.15, 0.2) is 0 Å². The normalized spacial score (nSPS) is 21.9. The molecule has 2 fully saturated rings. The summed E-state index contributed by atoms with van der Waals surface area (Å²) in [5.41, 5.74) is 0.866. The Hall–Kier alpha value is -1.00. The number of hydrogen-bond donors (Lipinski definition) is 1. The van der Waals surface area contributed by atoms with E-state index >= 15 is 0 Å². The average molecular weight is 290 g/mol. The van der Waals surface area contributed by atoms with Crippen LogP contribution in [0.4, 0.5) is 0 Å². The van der Waals surface area contributed by atoms with E-state index in [1.807, 2.05) is 30.5 Å². The summed E-state index contributed by atoms with van der Waals surface area (Å²) in [5, 5.41) is 3.51. The summed E-state index contributed by atoms with van der Waals surface area (Å²) in [4.78, 5) is 16.1. The number of carbonyl (C=O) groups is 1. The van der Waals surface area contributed by atoms with Crippen molar-refractivity contribution in [3.8, 4) is 0 Å². The van der Waals surface area contributed by atoms with Crippen LogP contribution in [-0.4, -0.2) is 42.2 Å².